The Bertz CT molecular complexity index is 776. The quantitative estimate of drug-likeness (QED) is 0.731. The maximum atomic E-state index is 6.27. The predicted molar refractivity (Wildman–Crippen MR) is 89.8 cm³/mol. The second-order valence-corrected chi connectivity index (χ2v) is 7.21. The highest BCUT2D eigenvalue weighted by Crippen LogP contribution is 2.33. The molecule has 0 aliphatic carbocycles. The van der Waals surface area contributed by atoms with E-state index in [2.05, 4.69) is 28.0 Å². The molecule has 0 spiro atoms. The highest BCUT2D eigenvalue weighted by Gasteiger charge is 2.22. The van der Waals surface area contributed by atoms with Crippen LogP contribution in [0, 0.1) is 6.92 Å². The van der Waals surface area contributed by atoms with E-state index in [1.54, 1.807) is 17.5 Å². The minimum Gasteiger partial charge on any atom is -0.489 e. The number of aryl methyl sites for hydroxylation is 1. The van der Waals surface area contributed by atoms with Gasteiger partial charge in [0.2, 0.25) is 0 Å². The Morgan fingerprint density at radius 3 is 2.96 bits per heavy atom. The first-order valence-corrected chi connectivity index (χ1v) is 8.73. The summed E-state index contributed by atoms with van der Waals surface area (Å²) in [6.07, 6.45) is 5.87. The fourth-order valence-corrected chi connectivity index (χ4v) is 3.96. The van der Waals surface area contributed by atoms with Gasteiger partial charge >= 0.3 is 0 Å². The molecule has 1 fully saturated rings. The van der Waals surface area contributed by atoms with Gasteiger partial charge in [0.15, 0.2) is 5.76 Å². The molecular weight excluding hydrogens is 310 g/mol. The van der Waals surface area contributed by atoms with Crippen LogP contribution in [0.4, 0.5) is 0 Å². The zero-order valence-electron chi connectivity index (χ0n) is 13.1. The number of hydrogen-bond donors (Lipinski definition) is 0. The van der Waals surface area contributed by atoms with Gasteiger partial charge in [0.25, 0.3) is 0 Å². The number of fused-ring (bicyclic) bond motifs is 1. The van der Waals surface area contributed by atoms with E-state index in [9.17, 15) is 0 Å². The summed E-state index contributed by atoms with van der Waals surface area (Å²) in [5, 5.41) is 3.76. The van der Waals surface area contributed by atoms with Crippen molar-refractivity contribution in [1.29, 1.82) is 0 Å². The van der Waals surface area contributed by atoms with Crippen molar-refractivity contribution in [3.63, 3.8) is 0 Å². The molecule has 3 aromatic rings. The largest absolute Gasteiger partial charge is 0.489 e. The third-order valence-corrected chi connectivity index (χ3v) is 5.25. The topological polar surface area (TPSA) is 51.4 Å². The Hall–Kier alpha value is -1.92. The first kappa shape index (κ1) is 14.7. The third kappa shape index (κ3) is 3.23. The van der Waals surface area contributed by atoms with Crippen LogP contribution >= 0.6 is 11.3 Å². The van der Waals surface area contributed by atoms with E-state index in [0.717, 1.165) is 54.2 Å². The summed E-state index contributed by atoms with van der Waals surface area (Å²) in [6, 6.07) is 6.03. The monoisotopic (exact) mass is 329 g/mol. The smallest absolute Gasteiger partial charge is 0.150 e. The number of nitrogens with zero attached hydrogens (tertiary/aromatic N) is 3. The van der Waals surface area contributed by atoms with Crippen LogP contribution < -0.4 is 4.74 Å². The normalized spacial score (nSPS) is 16.9. The van der Waals surface area contributed by atoms with E-state index in [-0.39, 0.29) is 6.10 Å². The van der Waals surface area contributed by atoms with Crippen molar-refractivity contribution in [2.75, 3.05) is 13.1 Å². The number of rotatable bonds is 4. The number of thiophene rings is 1. The Morgan fingerprint density at radius 1 is 1.30 bits per heavy atom. The van der Waals surface area contributed by atoms with Gasteiger partial charge in [0.1, 0.15) is 11.9 Å². The fraction of sp³-hybridized carbons (Fsp3) is 0.412. The van der Waals surface area contributed by atoms with E-state index in [1.165, 1.54) is 4.88 Å². The Balaban J connectivity index is 1.39. The van der Waals surface area contributed by atoms with Crippen LogP contribution in [0.15, 0.2) is 35.1 Å². The minimum atomic E-state index is 0.272. The van der Waals surface area contributed by atoms with Crippen LogP contribution in [0.25, 0.3) is 10.2 Å². The molecule has 0 bridgehead atoms. The number of aromatic nitrogens is 2. The first-order chi connectivity index (χ1) is 11.3. The zero-order valence-corrected chi connectivity index (χ0v) is 13.9. The lowest BCUT2D eigenvalue weighted by molar-refractivity contribution is 0.0926. The van der Waals surface area contributed by atoms with Crippen LogP contribution in [0.5, 0.6) is 5.75 Å². The first-order valence-electron chi connectivity index (χ1n) is 7.91. The van der Waals surface area contributed by atoms with Crippen molar-refractivity contribution in [1.82, 2.24) is 15.0 Å². The molecule has 0 radical (unpaired) electrons. The maximum absolute atomic E-state index is 6.27. The van der Waals surface area contributed by atoms with Crippen molar-refractivity contribution >= 4 is 21.6 Å². The summed E-state index contributed by atoms with van der Waals surface area (Å²) in [7, 11) is 0. The maximum Gasteiger partial charge on any atom is 0.150 e. The average molecular weight is 329 g/mol. The Labute approximate surface area is 138 Å². The lowest BCUT2D eigenvalue weighted by Crippen LogP contribution is -2.37. The van der Waals surface area contributed by atoms with Crippen LogP contribution in [-0.2, 0) is 6.54 Å². The molecule has 1 saturated heterocycles. The van der Waals surface area contributed by atoms with Gasteiger partial charge in [0.05, 0.1) is 23.0 Å². The lowest BCUT2D eigenvalue weighted by atomic mass is 10.1. The van der Waals surface area contributed by atoms with Gasteiger partial charge < -0.3 is 9.26 Å². The molecule has 6 heteroatoms. The number of hydrogen-bond acceptors (Lipinski definition) is 6. The van der Waals surface area contributed by atoms with E-state index in [0.29, 0.717) is 0 Å². The van der Waals surface area contributed by atoms with Gasteiger partial charge in [-0.2, -0.15) is 0 Å². The SMILES string of the molecule is Cc1cc2nccc(OC3CCN(Cc4ccno4)CC3)c2s1. The summed E-state index contributed by atoms with van der Waals surface area (Å²) in [4.78, 5) is 8.07. The molecule has 1 aliphatic rings. The van der Waals surface area contributed by atoms with Crippen molar-refractivity contribution in [3.8, 4) is 5.75 Å². The standard InChI is InChI=1S/C17H19N3O2S/c1-12-10-15-17(23-12)16(3-6-18-15)21-13-4-8-20(9-5-13)11-14-2-7-19-22-14/h2-3,6-7,10,13H,4-5,8-9,11H2,1H3. The van der Waals surface area contributed by atoms with Gasteiger partial charge in [-0.1, -0.05) is 5.16 Å². The van der Waals surface area contributed by atoms with Crippen LogP contribution in [0.1, 0.15) is 23.5 Å². The summed E-state index contributed by atoms with van der Waals surface area (Å²) >= 11 is 1.75. The highest BCUT2D eigenvalue weighted by atomic mass is 32.1. The molecule has 0 aromatic carbocycles. The van der Waals surface area contributed by atoms with Crippen molar-refractivity contribution in [2.24, 2.45) is 0 Å². The van der Waals surface area contributed by atoms with Gasteiger partial charge in [-0.15, -0.1) is 11.3 Å². The molecule has 0 saturated carbocycles. The second-order valence-electron chi connectivity index (χ2n) is 5.95. The van der Waals surface area contributed by atoms with Crippen molar-refractivity contribution in [3.05, 3.63) is 41.2 Å². The number of ether oxygens (including phenoxy) is 1. The highest BCUT2D eigenvalue weighted by molar-refractivity contribution is 7.19. The van der Waals surface area contributed by atoms with Crippen LogP contribution in [0.2, 0.25) is 0 Å². The second kappa shape index (κ2) is 6.29. The van der Waals surface area contributed by atoms with Crippen LogP contribution in [0.3, 0.4) is 0 Å². The molecule has 4 heterocycles. The summed E-state index contributed by atoms with van der Waals surface area (Å²) in [5.74, 6) is 1.90. The molecule has 1 aliphatic heterocycles. The van der Waals surface area contributed by atoms with Crippen LogP contribution in [-0.4, -0.2) is 34.2 Å². The predicted octanol–water partition coefficient (Wildman–Crippen LogP) is 3.64. The molecule has 0 amide bonds. The molecule has 0 unspecified atom stereocenters. The number of likely N-dealkylation sites (tertiary alicyclic amines) is 1. The Kier molecular flexibility index (Phi) is 4.01. The molecular formula is C17H19N3O2S. The zero-order chi connectivity index (χ0) is 15.6. The molecule has 0 N–H and O–H groups in total. The molecule has 120 valence electrons. The Morgan fingerprint density at radius 2 is 2.17 bits per heavy atom. The lowest BCUT2D eigenvalue weighted by Gasteiger charge is -2.31. The van der Waals surface area contributed by atoms with Gasteiger partial charge in [-0.3, -0.25) is 9.88 Å². The van der Waals surface area contributed by atoms with E-state index in [4.69, 9.17) is 9.26 Å². The number of piperidine rings is 1. The van der Waals surface area contributed by atoms with Gasteiger partial charge in [-0.25, -0.2) is 0 Å². The third-order valence-electron chi connectivity index (χ3n) is 4.20. The summed E-state index contributed by atoms with van der Waals surface area (Å²) in [6.45, 7) is 4.97. The minimum absolute atomic E-state index is 0.272. The number of pyridine rings is 1. The van der Waals surface area contributed by atoms with Gasteiger partial charge in [0, 0.05) is 30.2 Å². The molecule has 0 atom stereocenters. The molecule has 5 nitrogen and oxygen atoms in total. The fourth-order valence-electron chi connectivity index (χ4n) is 3.04. The van der Waals surface area contributed by atoms with Crippen molar-refractivity contribution in [2.45, 2.75) is 32.4 Å². The van der Waals surface area contributed by atoms with E-state index < -0.39 is 0 Å². The van der Waals surface area contributed by atoms with Gasteiger partial charge in [-0.05, 0) is 31.9 Å². The van der Waals surface area contributed by atoms with E-state index in [1.807, 2.05) is 18.3 Å². The van der Waals surface area contributed by atoms with E-state index >= 15 is 0 Å². The molecule has 3 aromatic heterocycles. The summed E-state index contributed by atoms with van der Waals surface area (Å²) < 4.78 is 12.6. The average Bonchev–Trinajstić information content (AvgIpc) is 3.18. The molecule has 4 rings (SSSR count). The van der Waals surface area contributed by atoms with Crippen molar-refractivity contribution < 1.29 is 9.26 Å². The summed E-state index contributed by atoms with van der Waals surface area (Å²) in [5.41, 5.74) is 1.03. The molecule has 23 heavy (non-hydrogen) atoms.